The maximum atomic E-state index is 6.63. The van der Waals surface area contributed by atoms with Crippen molar-refractivity contribution in [1.29, 1.82) is 0 Å². The molecule has 0 saturated heterocycles. The van der Waals surface area contributed by atoms with Gasteiger partial charge in [0.05, 0.1) is 5.69 Å². The van der Waals surface area contributed by atoms with Crippen LogP contribution in [-0.2, 0) is 5.41 Å². The summed E-state index contributed by atoms with van der Waals surface area (Å²) in [6.07, 6.45) is 0. The minimum absolute atomic E-state index is 0.0852. The molecule has 0 fully saturated rings. The molecule has 2 nitrogen and oxygen atoms in total. The summed E-state index contributed by atoms with van der Waals surface area (Å²) in [6.45, 7) is 4.69. The van der Waals surface area contributed by atoms with E-state index in [1.165, 1.54) is 33.0 Å². The molecular weight excluding hydrogens is 522 g/mol. The van der Waals surface area contributed by atoms with E-state index in [9.17, 15) is 0 Å². The van der Waals surface area contributed by atoms with Gasteiger partial charge in [-0.2, -0.15) is 0 Å². The average molecular weight is 552 g/mol. The lowest BCUT2D eigenvalue weighted by Gasteiger charge is -2.29. The predicted octanol–water partition coefficient (Wildman–Crippen LogP) is 11.7. The van der Waals surface area contributed by atoms with Crippen LogP contribution in [0.25, 0.3) is 54.6 Å². The van der Waals surface area contributed by atoms with Crippen molar-refractivity contribution in [3.63, 3.8) is 0 Å². The van der Waals surface area contributed by atoms with Crippen LogP contribution < -0.4 is 4.90 Å². The molecule has 1 aromatic heterocycles. The number of anilines is 3. The minimum Gasteiger partial charge on any atom is -0.455 e. The second kappa shape index (κ2) is 8.83. The average Bonchev–Trinajstić information content (AvgIpc) is 3.52. The zero-order valence-corrected chi connectivity index (χ0v) is 24.1. The van der Waals surface area contributed by atoms with Crippen LogP contribution in [0.1, 0.15) is 25.0 Å². The third-order valence-corrected chi connectivity index (χ3v) is 9.40. The van der Waals surface area contributed by atoms with Gasteiger partial charge >= 0.3 is 0 Å². The quantitative estimate of drug-likeness (QED) is 0.217. The molecule has 0 bridgehead atoms. The summed E-state index contributed by atoms with van der Waals surface area (Å²) >= 11 is 0. The maximum absolute atomic E-state index is 6.63. The molecule has 0 radical (unpaired) electrons. The van der Waals surface area contributed by atoms with Crippen LogP contribution in [0.5, 0.6) is 0 Å². The smallest absolute Gasteiger partial charge is 0.143 e. The van der Waals surface area contributed by atoms with E-state index in [0.29, 0.717) is 0 Å². The van der Waals surface area contributed by atoms with Gasteiger partial charge in [-0.15, -0.1) is 0 Å². The highest BCUT2D eigenvalue weighted by Crippen LogP contribution is 2.51. The summed E-state index contributed by atoms with van der Waals surface area (Å²) in [5.74, 6) is 0. The van der Waals surface area contributed by atoms with Crippen LogP contribution in [0.4, 0.5) is 17.1 Å². The lowest BCUT2D eigenvalue weighted by molar-refractivity contribution is 0.660. The van der Waals surface area contributed by atoms with E-state index in [-0.39, 0.29) is 5.41 Å². The molecule has 1 aliphatic carbocycles. The molecule has 0 unspecified atom stereocenters. The van der Waals surface area contributed by atoms with Crippen molar-refractivity contribution < 1.29 is 4.42 Å². The molecule has 8 aromatic rings. The molecule has 1 aliphatic rings. The molecule has 0 saturated carbocycles. The highest BCUT2D eigenvalue weighted by molar-refractivity contribution is 6.21. The first-order valence-corrected chi connectivity index (χ1v) is 14.9. The summed E-state index contributed by atoms with van der Waals surface area (Å²) in [5, 5.41) is 6.94. The molecule has 0 amide bonds. The molecule has 204 valence electrons. The molecule has 9 rings (SSSR count). The monoisotopic (exact) mass is 551 g/mol. The Labute approximate surface area is 250 Å². The van der Waals surface area contributed by atoms with Gasteiger partial charge in [-0.25, -0.2) is 0 Å². The van der Waals surface area contributed by atoms with Crippen LogP contribution in [0.2, 0.25) is 0 Å². The number of nitrogens with zero attached hydrogens (tertiary/aromatic N) is 1. The molecular formula is C41H29NO. The highest BCUT2D eigenvalue weighted by Gasteiger charge is 2.35. The lowest BCUT2D eigenvalue weighted by atomic mass is 9.82. The van der Waals surface area contributed by atoms with Gasteiger partial charge in [-0.3, -0.25) is 0 Å². The predicted molar refractivity (Wildman–Crippen MR) is 181 cm³/mol. The fourth-order valence-corrected chi connectivity index (χ4v) is 7.28. The Kier molecular flexibility index (Phi) is 4.99. The van der Waals surface area contributed by atoms with Crippen LogP contribution in [0.3, 0.4) is 0 Å². The van der Waals surface area contributed by atoms with Crippen LogP contribution >= 0.6 is 0 Å². The third-order valence-electron chi connectivity index (χ3n) is 9.40. The highest BCUT2D eigenvalue weighted by atomic mass is 16.3. The normalized spacial score (nSPS) is 13.5. The van der Waals surface area contributed by atoms with Gasteiger partial charge in [0.1, 0.15) is 11.2 Å². The molecule has 0 aliphatic heterocycles. The van der Waals surface area contributed by atoms with Gasteiger partial charge in [0.25, 0.3) is 0 Å². The Hall–Kier alpha value is -5.34. The van der Waals surface area contributed by atoms with Gasteiger partial charge in [-0.05, 0) is 75.5 Å². The number of benzene rings is 7. The van der Waals surface area contributed by atoms with E-state index >= 15 is 0 Å². The van der Waals surface area contributed by atoms with Crippen molar-refractivity contribution in [2.45, 2.75) is 19.3 Å². The van der Waals surface area contributed by atoms with Gasteiger partial charge in [0, 0.05) is 38.3 Å². The minimum atomic E-state index is -0.0852. The summed E-state index contributed by atoms with van der Waals surface area (Å²) in [4.78, 5) is 2.42. The summed E-state index contributed by atoms with van der Waals surface area (Å²) in [5.41, 5.74) is 10.6. The fourth-order valence-electron chi connectivity index (χ4n) is 7.28. The first kappa shape index (κ1) is 24.3. The SMILES string of the molecule is CC1(C)c2ccccc2-c2ccc(N(c3ccccc3)c3cc4c5cc6ccccc6cc5oc4c4ccccc34)cc21. The van der Waals surface area contributed by atoms with Crippen molar-refractivity contribution in [2.75, 3.05) is 4.90 Å². The van der Waals surface area contributed by atoms with E-state index < -0.39 is 0 Å². The van der Waals surface area contributed by atoms with Gasteiger partial charge < -0.3 is 9.32 Å². The summed E-state index contributed by atoms with van der Waals surface area (Å²) in [7, 11) is 0. The van der Waals surface area contributed by atoms with E-state index in [2.05, 4.69) is 158 Å². The topological polar surface area (TPSA) is 16.4 Å². The molecule has 0 atom stereocenters. The second-order valence-electron chi connectivity index (χ2n) is 12.2. The number of hydrogen-bond donors (Lipinski definition) is 0. The molecule has 43 heavy (non-hydrogen) atoms. The zero-order valence-electron chi connectivity index (χ0n) is 24.1. The van der Waals surface area contributed by atoms with Gasteiger partial charge in [0.15, 0.2) is 0 Å². The third kappa shape index (κ3) is 3.47. The standard InChI is InChI=1S/C41H29NO/c1-41(2)36-19-11-10-16-30(36)31-21-20-29(24-37(31)41)42(28-14-4-3-5-15-28)38-25-35-34-22-26-12-6-7-13-27(26)23-39(34)43-40(35)33-18-9-8-17-32(33)38/h3-25H,1-2H3. The van der Waals surface area contributed by atoms with Gasteiger partial charge in [0.2, 0.25) is 0 Å². The number of hydrogen-bond acceptors (Lipinski definition) is 2. The van der Waals surface area contributed by atoms with Crippen LogP contribution in [-0.4, -0.2) is 0 Å². The number of furan rings is 1. The van der Waals surface area contributed by atoms with Crippen molar-refractivity contribution in [3.8, 4) is 11.1 Å². The Morgan fingerprint density at radius 1 is 0.488 bits per heavy atom. The largest absolute Gasteiger partial charge is 0.455 e. The molecule has 1 heterocycles. The molecule has 0 N–H and O–H groups in total. The maximum Gasteiger partial charge on any atom is 0.143 e. The van der Waals surface area contributed by atoms with E-state index in [4.69, 9.17) is 4.42 Å². The first-order chi connectivity index (χ1) is 21.1. The van der Waals surface area contributed by atoms with Gasteiger partial charge in [-0.1, -0.05) is 111 Å². The number of para-hydroxylation sites is 1. The molecule has 7 aromatic carbocycles. The van der Waals surface area contributed by atoms with Crippen LogP contribution in [0, 0.1) is 0 Å². The Balaban J connectivity index is 1.35. The van der Waals surface area contributed by atoms with Crippen molar-refractivity contribution in [1.82, 2.24) is 0 Å². The first-order valence-electron chi connectivity index (χ1n) is 14.9. The summed E-state index contributed by atoms with van der Waals surface area (Å²) in [6, 6.07) is 50.5. The fraction of sp³-hybridized carbons (Fsp3) is 0.0732. The molecule has 0 spiro atoms. The Morgan fingerprint density at radius 2 is 1.16 bits per heavy atom. The number of fused-ring (bicyclic) bond motifs is 9. The van der Waals surface area contributed by atoms with Crippen LogP contribution in [0.15, 0.2) is 144 Å². The van der Waals surface area contributed by atoms with E-state index in [1.54, 1.807) is 0 Å². The Morgan fingerprint density at radius 3 is 2.00 bits per heavy atom. The van der Waals surface area contributed by atoms with E-state index in [1.807, 2.05) is 0 Å². The zero-order chi connectivity index (χ0) is 28.7. The lowest BCUT2D eigenvalue weighted by Crippen LogP contribution is -2.16. The second-order valence-corrected chi connectivity index (χ2v) is 12.2. The Bertz CT molecular complexity index is 2380. The van der Waals surface area contributed by atoms with E-state index in [0.717, 1.165) is 49.8 Å². The molecule has 2 heteroatoms. The number of rotatable bonds is 3. The van der Waals surface area contributed by atoms with Crippen molar-refractivity contribution in [3.05, 3.63) is 151 Å². The summed E-state index contributed by atoms with van der Waals surface area (Å²) < 4.78 is 6.63. The van der Waals surface area contributed by atoms with Crippen molar-refractivity contribution in [2.24, 2.45) is 0 Å². The van der Waals surface area contributed by atoms with Crippen molar-refractivity contribution >= 4 is 60.5 Å².